The fourth-order valence-corrected chi connectivity index (χ4v) is 2.21. The number of nitrogens with one attached hydrogen (secondary N) is 1. The van der Waals surface area contributed by atoms with E-state index in [9.17, 15) is 0 Å². The van der Waals surface area contributed by atoms with E-state index >= 15 is 0 Å². The molecule has 0 spiro atoms. The van der Waals surface area contributed by atoms with Crippen LogP contribution in [0.15, 0.2) is 24.4 Å². The summed E-state index contributed by atoms with van der Waals surface area (Å²) in [7, 11) is 0. The van der Waals surface area contributed by atoms with Gasteiger partial charge in [-0.3, -0.25) is 0 Å². The number of aromatic nitrogens is 2. The van der Waals surface area contributed by atoms with E-state index in [2.05, 4.69) is 17.3 Å². The van der Waals surface area contributed by atoms with Crippen molar-refractivity contribution in [1.29, 1.82) is 0 Å². The predicted octanol–water partition coefficient (Wildman–Crippen LogP) is 3.99. The predicted molar refractivity (Wildman–Crippen MR) is 80.3 cm³/mol. The van der Waals surface area contributed by atoms with Crippen LogP contribution in [0.3, 0.4) is 0 Å². The lowest BCUT2D eigenvalue weighted by atomic mass is 10.1. The Bertz CT molecular complexity index is 544. The normalized spacial score (nSPS) is 10.9. The van der Waals surface area contributed by atoms with Crippen molar-refractivity contribution in [2.45, 2.75) is 26.8 Å². The van der Waals surface area contributed by atoms with E-state index in [1.165, 1.54) is 0 Å². The number of benzene rings is 1. The summed E-state index contributed by atoms with van der Waals surface area (Å²) in [4.78, 5) is 0. The average molecular weight is 298 g/mol. The summed E-state index contributed by atoms with van der Waals surface area (Å²) in [6, 6.07) is 5.80. The van der Waals surface area contributed by atoms with Crippen LogP contribution in [0.5, 0.6) is 0 Å². The second-order valence-electron chi connectivity index (χ2n) is 4.46. The van der Waals surface area contributed by atoms with Crippen molar-refractivity contribution in [2.24, 2.45) is 0 Å². The molecule has 0 amide bonds. The fourth-order valence-electron chi connectivity index (χ4n) is 1.88. The van der Waals surface area contributed by atoms with E-state index in [-0.39, 0.29) is 0 Å². The minimum Gasteiger partial charge on any atom is -0.313 e. The van der Waals surface area contributed by atoms with Crippen LogP contribution in [-0.4, -0.2) is 16.3 Å². The first kappa shape index (κ1) is 14.4. The Morgan fingerprint density at radius 1 is 1.32 bits per heavy atom. The average Bonchev–Trinajstić information content (AvgIpc) is 2.70. The number of rotatable bonds is 5. The van der Waals surface area contributed by atoms with Crippen LogP contribution < -0.4 is 5.32 Å². The highest BCUT2D eigenvalue weighted by molar-refractivity contribution is 6.31. The zero-order valence-electron chi connectivity index (χ0n) is 11.1. The van der Waals surface area contributed by atoms with Crippen LogP contribution in [-0.2, 0) is 6.54 Å². The van der Waals surface area contributed by atoms with Crippen LogP contribution in [0.4, 0.5) is 0 Å². The highest BCUT2D eigenvalue weighted by atomic mass is 35.5. The Morgan fingerprint density at radius 3 is 2.74 bits per heavy atom. The molecular weight excluding hydrogens is 281 g/mol. The third-order valence-corrected chi connectivity index (χ3v) is 3.48. The highest BCUT2D eigenvalue weighted by Crippen LogP contribution is 2.22. The fraction of sp³-hybridized carbons (Fsp3) is 0.357. The van der Waals surface area contributed by atoms with Gasteiger partial charge < -0.3 is 5.32 Å². The molecule has 0 aliphatic heterocycles. The van der Waals surface area contributed by atoms with Crippen molar-refractivity contribution in [2.75, 3.05) is 6.54 Å². The third kappa shape index (κ3) is 3.50. The van der Waals surface area contributed by atoms with Crippen molar-refractivity contribution >= 4 is 23.2 Å². The number of halogens is 2. The maximum atomic E-state index is 6.07. The van der Waals surface area contributed by atoms with E-state index in [0.717, 1.165) is 41.5 Å². The zero-order valence-corrected chi connectivity index (χ0v) is 12.6. The van der Waals surface area contributed by atoms with Gasteiger partial charge in [-0.15, -0.1) is 0 Å². The molecule has 0 atom stereocenters. The maximum absolute atomic E-state index is 6.07. The Morgan fingerprint density at radius 2 is 2.11 bits per heavy atom. The summed E-state index contributed by atoms with van der Waals surface area (Å²) in [5.41, 5.74) is 2.94. The van der Waals surface area contributed by atoms with E-state index in [0.29, 0.717) is 5.02 Å². The molecule has 5 heteroatoms. The monoisotopic (exact) mass is 297 g/mol. The first-order chi connectivity index (χ1) is 9.11. The number of nitrogens with zero attached hydrogens (tertiary/aromatic N) is 2. The minimum absolute atomic E-state index is 0.669. The molecule has 1 N–H and O–H groups in total. The van der Waals surface area contributed by atoms with Gasteiger partial charge in [-0.1, -0.05) is 30.1 Å². The Labute approximate surface area is 123 Å². The van der Waals surface area contributed by atoms with Gasteiger partial charge in [0.1, 0.15) is 0 Å². The molecular formula is C14H17Cl2N3. The lowest BCUT2D eigenvalue weighted by Crippen LogP contribution is -2.15. The zero-order chi connectivity index (χ0) is 13.8. The quantitative estimate of drug-likeness (QED) is 0.846. The Hall–Kier alpha value is -1.03. The molecule has 19 heavy (non-hydrogen) atoms. The first-order valence-electron chi connectivity index (χ1n) is 6.33. The summed E-state index contributed by atoms with van der Waals surface area (Å²) in [5, 5.41) is 9.19. The molecule has 2 rings (SSSR count). The van der Waals surface area contributed by atoms with Gasteiger partial charge in [-0.25, -0.2) is 4.68 Å². The van der Waals surface area contributed by atoms with Crippen molar-refractivity contribution in [3.63, 3.8) is 0 Å². The van der Waals surface area contributed by atoms with Crippen LogP contribution in [0.2, 0.25) is 10.0 Å². The van der Waals surface area contributed by atoms with E-state index in [1.54, 1.807) is 4.68 Å². The standard InChI is InChI=1S/C14H17Cl2N3/c1-3-6-17-8-11-7-12(15)4-5-14(11)19-9-13(16)10(2)18-19/h4-5,7,9,17H,3,6,8H2,1-2H3. The number of hydrogen-bond acceptors (Lipinski definition) is 2. The molecule has 1 aromatic heterocycles. The van der Waals surface area contributed by atoms with Crippen LogP contribution in [0, 0.1) is 6.92 Å². The number of aryl methyl sites for hydroxylation is 1. The van der Waals surface area contributed by atoms with Gasteiger partial charge in [0.15, 0.2) is 0 Å². The van der Waals surface area contributed by atoms with Gasteiger partial charge in [0, 0.05) is 17.8 Å². The molecule has 0 unspecified atom stereocenters. The largest absolute Gasteiger partial charge is 0.313 e. The van der Waals surface area contributed by atoms with Gasteiger partial charge in [0.25, 0.3) is 0 Å². The summed E-state index contributed by atoms with van der Waals surface area (Å²) < 4.78 is 1.80. The summed E-state index contributed by atoms with van der Waals surface area (Å²) in [5.74, 6) is 0. The topological polar surface area (TPSA) is 29.9 Å². The van der Waals surface area contributed by atoms with Gasteiger partial charge >= 0.3 is 0 Å². The molecule has 0 bridgehead atoms. The number of hydrogen-bond donors (Lipinski definition) is 1. The smallest absolute Gasteiger partial charge is 0.0819 e. The first-order valence-corrected chi connectivity index (χ1v) is 7.08. The highest BCUT2D eigenvalue weighted by Gasteiger charge is 2.09. The summed E-state index contributed by atoms with van der Waals surface area (Å²) in [6.45, 7) is 5.78. The van der Waals surface area contributed by atoms with Gasteiger partial charge in [-0.2, -0.15) is 5.10 Å². The molecule has 3 nitrogen and oxygen atoms in total. The second kappa shape index (κ2) is 6.42. The van der Waals surface area contributed by atoms with Crippen molar-refractivity contribution in [3.05, 3.63) is 45.7 Å². The molecule has 0 fully saturated rings. The third-order valence-electron chi connectivity index (χ3n) is 2.87. The molecule has 102 valence electrons. The SMILES string of the molecule is CCCNCc1cc(Cl)ccc1-n1cc(Cl)c(C)n1. The Balaban J connectivity index is 2.33. The molecule has 1 aromatic carbocycles. The molecule has 0 saturated heterocycles. The van der Waals surface area contributed by atoms with Crippen molar-refractivity contribution in [3.8, 4) is 5.69 Å². The molecule has 0 radical (unpaired) electrons. The van der Waals surface area contributed by atoms with Gasteiger partial charge in [0.05, 0.1) is 16.4 Å². The van der Waals surface area contributed by atoms with E-state index < -0.39 is 0 Å². The van der Waals surface area contributed by atoms with E-state index in [4.69, 9.17) is 23.2 Å². The van der Waals surface area contributed by atoms with Crippen LogP contribution in [0.1, 0.15) is 24.6 Å². The van der Waals surface area contributed by atoms with E-state index in [1.807, 2.05) is 31.3 Å². The Kier molecular flexibility index (Phi) is 4.86. The maximum Gasteiger partial charge on any atom is 0.0819 e. The molecule has 0 saturated carbocycles. The lowest BCUT2D eigenvalue weighted by molar-refractivity contribution is 0.670. The van der Waals surface area contributed by atoms with Crippen LogP contribution in [0.25, 0.3) is 5.69 Å². The van der Waals surface area contributed by atoms with Crippen LogP contribution >= 0.6 is 23.2 Å². The minimum atomic E-state index is 0.669. The molecule has 2 aromatic rings. The van der Waals surface area contributed by atoms with Gasteiger partial charge in [0.2, 0.25) is 0 Å². The second-order valence-corrected chi connectivity index (χ2v) is 5.30. The summed E-state index contributed by atoms with van der Waals surface area (Å²) >= 11 is 12.1. The van der Waals surface area contributed by atoms with Crippen molar-refractivity contribution in [1.82, 2.24) is 15.1 Å². The lowest BCUT2D eigenvalue weighted by Gasteiger charge is -2.11. The van der Waals surface area contributed by atoms with Gasteiger partial charge in [-0.05, 0) is 43.7 Å². The molecule has 1 heterocycles. The van der Waals surface area contributed by atoms with Crippen molar-refractivity contribution < 1.29 is 0 Å². The summed E-state index contributed by atoms with van der Waals surface area (Å²) in [6.07, 6.45) is 2.92. The molecule has 0 aliphatic rings. The molecule has 0 aliphatic carbocycles.